The van der Waals surface area contributed by atoms with Gasteiger partial charge in [-0.15, -0.1) is 0 Å². The second kappa shape index (κ2) is 4.84. The van der Waals surface area contributed by atoms with Gasteiger partial charge < -0.3 is 19.9 Å². The molecule has 5 heteroatoms. The zero-order valence-corrected chi connectivity index (χ0v) is 11.8. The molecule has 1 aliphatic heterocycles. The molecule has 0 atom stereocenters. The Morgan fingerprint density at radius 3 is 2.62 bits per heavy atom. The average Bonchev–Trinajstić information content (AvgIpc) is 2.68. The molecule has 0 amide bonds. The molecule has 0 spiro atoms. The van der Waals surface area contributed by atoms with Crippen molar-refractivity contribution in [3.8, 4) is 17.2 Å². The van der Waals surface area contributed by atoms with Crippen LogP contribution in [-0.4, -0.2) is 10.9 Å². The molecule has 2 aromatic rings. The van der Waals surface area contributed by atoms with Gasteiger partial charge in [0.1, 0.15) is 11.6 Å². The van der Waals surface area contributed by atoms with E-state index in [0.29, 0.717) is 23.6 Å². The van der Waals surface area contributed by atoms with E-state index >= 15 is 0 Å². The zero-order valence-electron chi connectivity index (χ0n) is 11.8. The lowest BCUT2D eigenvalue weighted by molar-refractivity contribution is -0.0431. The van der Waals surface area contributed by atoms with Crippen molar-refractivity contribution >= 4 is 5.69 Å². The highest BCUT2D eigenvalue weighted by molar-refractivity contribution is 5.56. The number of phenols is 1. The van der Waals surface area contributed by atoms with E-state index in [1.807, 2.05) is 32.0 Å². The summed E-state index contributed by atoms with van der Waals surface area (Å²) in [7, 11) is 0. The van der Waals surface area contributed by atoms with Crippen LogP contribution in [0.5, 0.6) is 17.2 Å². The quantitative estimate of drug-likeness (QED) is 0.905. The number of fused-ring (bicyclic) bond motifs is 1. The summed E-state index contributed by atoms with van der Waals surface area (Å²) in [5.74, 6) is 0.175. The highest BCUT2D eigenvalue weighted by Crippen LogP contribution is 2.40. The molecule has 1 aliphatic rings. The predicted octanol–water partition coefficient (Wildman–Crippen LogP) is 3.65. The molecule has 2 N–H and O–H groups in total. The maximum absolute atomic E-state index is 13.2. The van der Waals surface area contributed by atoms with Crippen LogP contribution in [0, 0.1) is 5.82 Å². The summed E-state index contributed by atoms with van der Waals surface area (Å²) < 4.78 is 24.5. The summed E-state index contributed by atoms with van der Waals surface area (Å²) in [5.41, 5.74) is 1.49. The molecule has 0 aliphatic carbocycles. The van der Waals surface area contributed by atoms with Crippen molar-refractivity contribution in [1.82, 2.24) is 0 Å². The number of phenolic OH excluding ortho intramolecular Hbond substituents is 1. The summed E-state index contributed by atoms with van der Waals surface area (Å²) in [5, 5.41) is 12.5. The third kappa shape index (κ3) is 3.02. The summed E-state index contributed by atoms with van der Waals surface area (Å²) >= 11 is 0. The van der Waals surface area contributed by atoms with Crippen LogP contribution in [0.4, 0.5) is 10.1 Å². The van der Waals surface area contributed by atoms with Crippen molar-refractivity contribution in [1.29, 1.82) is 0 Å². The van der Waals surface area contributed by atoms with Gasteiger partial charge in [-0.1, -0.05) is 0 Å². The molecular weight excluding hydrogens is 273 g/mol. The third-order valence-electron chi connectivity index (χ3n) is 3.09. The summed E-state index contributed by atoms with van der Waals surface area (Å²) in [6, 6.07) is 9.50. The van der Waals surface area contributed by atoms with Gasteiger partial charge in [0.15, 0.2) is 11.5 Å². The standard InChI is InChI=1S/C16H16FNO3/c1-16(2)20-14-4-3-12(8-15(14)21-16)18-9-10-5-11(17)7-13(19)6-10/h3-8,18-19H,9H2,1-2H3. The summed E-state index contributed by atoms with van der Waals surface area (Å²) in [4.78, 5) is 0. The van der Waals surface area contributed by atoms with E-state index in [0.717, 1.165) is 11.8 Å². The Morgan fingerprint density at radius 1 is 1.10 bits per heavy atom. The Bertz CT molecular complexity index is 665. The first-order valence-corrected chi connectivity index (χ1v) is 6.66. The normalized spacial score (nSPS) is 15.0. The topological polar surface area (TPSA) is 50.7 Å². The number of aromatic hydroxyl groups is 1. The van der Waals surface area contributed by atoms with Crippen LogP contribution >= 0.6 is 0 Å². The second-order valence-corrected chi connectivity index (χ2v) is 5.44. The fourth-order valence-electron chi connectivity index (χ4n) is 2.27. The molecule has 21 heavy (non-hydrogen) atoms. The van der Waals surface area contributed by atoms with Crippen molar-refractivity contribution in [2.24, 2.45) is 0 Å². The van der Waals surface area contributed by atoms with E-state index in [1.165, 1.54) is 12.1 Å². The number of rotatable bonds is 3. The van der Waals surface area contributed by atoms with Crippen molar-refractivity contribution in [3.05, 3.63) is 47.8 Å². The first-order chi connectivity index (χ1) is 9.91. The third-order valence-corrected chi connectivity index (χ3v) is 3.09. The molecule has 0 bridgehead atoms. The SMILES string of the molecule is CC1(C)Oc2ccc(NCc3cc(O)cc(F)c3)cc2O1. The fourth-order valence-corrected chi connectivity index (χ4v) is 2.27. The maximum atomic E-state index is 13.2. The van der Waals surface area contributed by atoms with E-state index in [9.17, 15) is 9.50 Å². The van der Waals surface area contributed by atoms with E-state index in [-0.39, 0.29) is 5.75 Å². The van der Waals surface area contributed by atoms with Gasteiger partial charge in [0.25, 0.3) is 0 Å². The van der Waals surface area contributed by atoms with Crippen LogP contribution in [0.2, 0.25) is 0 Å². The van der Waals surface area contributed by atoms with Crippen LogP contribution in [0.3, 0.4) is 0 Å². The number of ether oxygens (including phenoxy) is 2. The number of benzene rings is 2. The molecule has 0 saturated carbocycles. The summed E-state index contributed by atoms with van der Waals surface area (Å²) in [6.07, 6.45) is 0. The smallest absolute Gasteiger partial charge is 0.246 e. The number of halogens is 1. The number of hydrogen-bond acceptors (Lipinski definition) is 4. The zero-order chi connectivity index (χ0) is 15.0. The monoisotopic (exact) mass is 289 g/mol. The van der Waals surface area contributed by atoms with E-state index < -0.39 is 11.6 Å². The molecular formula is C16H16FNO3. The van der Waals surface area contributed by atoms with Crippen molar-refractivity contribution in [3.63, 3.8) is 0 Å². The second-order valence-electron chi connectivity index (χ2n) is 5.44. The molecule has 110 valence electrons. The van der Waals surface area contributed by atoms with Crippen LogP contribution in [0.1, 0.15) is 19.4 Å². The Balaban J connectivity index is 1.72. The van der Waals surface area contributed by atoms with Crippen LogP contribution < -0.4 is 14.8 Å². The van der Waals surface area contributed by atoms with Gasteiger partial charge in [0, 0.05) is 38.2 Å². The average molecular weight is 289 g/mol. The first-order valence-electron chi connectivity index (χ1n) is 6.66. The number of hydrogen-bond donors (Lipinski definition) is 2. The van der Waals surface area contributed by atoms with Gasteiger partial charge in [-0.3, -0.25) is 0 Å². The van der Waals surface area contributed by atoms with Crippen LogP contribution in [0.15, 0.2) is 36.4 Å². The lowest BCUT2D eigenvalue weighted by Gasteiger charge is -2.16. The van der Waals surface area contributed by atoms with Crippen molar-refractivity contribution < 1.29 is 19.0 Å². The Hall–Kier alpha value is -2.43. The Kier molecular flexibility index (Phi) is 3.12. The molecule has 4 nitrogen and oxygen atoms in total. The van der Waals surface area contributed by atoms with Gasteiger partial charge in [0.05, 0.1) is 0 Å². The van der Waals surface area contributed by atoms with E-state index in [4.69, 9.17) is 9.47 Å². The van der Waals surface area contributed by atoms with Gasteiger partial charge >= 0.3 is 0 Å². The molecule has 0 saturated heterocycles. The predicted molar refractivity (Wildman–Crippen MR) is 77.2 cm³/mol. The van der Waals surface area contributed by atoms with Gasteiger partial charge in [-0.05, 0) is 29.8 Å². The Labute approximate surface area is 122 Å². The number of nitrogens with one attached hydrogen (secondary N) is 1. The molecule has 0 fully saturated rings. The largest absolute Gasteiger partial charge is 0.508 e. The fraction of sp³-hybridized carbons (Fsp3) is 0.250. The van der Waals surface area contributed by atoms with Crippen molar-refractivity contribution in [2.45, 2.75) is 26.2 Å². The van der Waals surface area contributed by atoms with Crippen LogP contribution in [0.25, 0.3) is 0 Å². The van der Waals surface area contributed by atoms with Crippen LogP contribution in [-0.2, 0) is 6.54 Å². The van der Waals surface area contributed by atoms with Crippen molar-refractivity contribution in [2.75, 3.05) is 5.32 Å². The number of anilines is 1. The van der Waals surface area contributed by atoms with Gasteiger partial charge in [0.2, 0.25) is 5.79 Å². The minimum Gasteiger partial charge on any atom is -0.508 e. The molecule has 0 aromatic heterocycles. The first kappa shape index (κ1) is 13.5. The lowest BCUT2D eigenvalue weighted by Crippen LogP contribution is -2.29. The minimum atomic E-state index is -0.657. The highest BCUT2D eigenvalue weighted by Gasteiger charge is 2.31. The van der Waals surface area contributed by atoms with E-state index in [1.54, 1.807) is 0 Å². The molecule has 0 unspecified atom stereocenters. The molecule has 2 aromatic carbocycles. The maximum Gasteiger partial charge on any atom is 0.246 e. The lowest BCUT2D eigenvalue weighted by atomic mass is 10.2. The van der Waals surface area contributed by atoms with Gasteiger partial charge in [-0.2, -0.15) is 0 Å². The molecule has 1 heterocycles. The highest BCUT2D eigenvalue weighted by atomic mass is 19.1. The molecule has 3 rings (SSSR count). The Morgan fingerprint density at radius 2 is 1.86 bits per heavy atom. The van der Waals surface area contributed by atoms with Gasteiger partial charge in [-0.25, -0.2) is 4.39 Å². The summed E-state index contributed by atoms with van der Waals surface area (Å²) in [6.45, 7) is 4.08. The minimum absolute atomic E-state index is 0.0840. The molecule has 0 radical (unpaired) electrons. The van der Waals surface area contributed by atoms with E-state index in [2.05, 4.69) is 5.32 Å².